The van der Waals surface area contributed by atoms with E-state index in [0.717, 1.165) is 26.2 Å². The van der Waals surface area contributed by atoms with Crippen molar-refractivity contribution >= 4 is 17.8 Å². The highest BCUT2D eigenvalue weighted by Gasteiger charge is 2.21. The smallest absolute Gasteiger partial charge is 0.232 e. The predicted octanol–water partition coefficient (Wildman–Crippen LogP) is -1.03. The summed E-state index contributed by atoms with van der Waals surface area (Å²) >= 11 is 0. The number of nitrogens with zero attached hydrogens (tertiary/aromatic N) is 6. The van der Waals surface area contributed by atoms with E-state index in [1.165, 1.54) is 0 Å². The van der Waals surface area contributed by atoms with Gasteiger partial charge in [-0.2, -0.15) is 15.0 Å². The maximum Gasteiger partial charge on any atom is 0.232 e. The van der Waals surface area contributed by atoms with Crippen LogP contribution in [0.5, 0.6) is 0 Å². The third-order valence-electron chi connectivity index (χ3n) is 3.96. The van der Waals surface area contributed by atoms with Crippen LogP contribution >= 0.6 is 0 Å². The zero-order valence-corrected chi connectivity index (χ0v) is 13.5. The number of aliphatic hydroxyl groups is 1. The predicted molar refractivity (Wildman–Crippen MR) is 86.2 cm³/mol. The van der Waals surface area contributed by atoms with E-state index in [1.54, 1.807) is 0 Å². The Labute approximate surface area is 135 Å². The van der Waals surface area contributed by atoms with E-state index in [0.29, 0.717) is 50.8 Å². The van der Waals surface area contributed by atoms with Crippen molar-refractivity contribution in [2.45, 2.75) is 0 Å². The first-order valence-electron chi connectivity index (χ1n) is 8.01. The van der Waals surface area contributed by atoms with Gasteiger partial charge >= 0.3 is 0 Å². The van der Waals surface area contributed by atoms with Crippen molar-refractivity contribution in [2.24, 2.45) is 0 Å². The lowest BCUT2D eigenvalue weighted by atomic mass is 10.4. The summed E-state index contributed by atoms with van der Waals surface area (Å²) in [5.41, 5.74) is 0. The second kappa shape index (κ2) is 7.71. The molecule has 0 aromatic carbocycles. The molecule has 0 amide bonds. The topological polar surface area (TPSA) is 87.1 Å². The van der Waals surface area contributed by atoms with Crippen molar-refractivity contribution < 1.29 is 14.6 Å². The van der Waals surface area contributed by atoms with Gasteiger partial charge in [0.05, 0.1) is 33.0 Å². The van der Waals surface area contributed by atoms with Gasteiger partial charge < -0.3 is 29.3 Å². The molecule has 2 saturated heterocycles. The fourth-order valence-corrected chi connectivity index (χ4v) is 2.57. The van der Waals surface area contributed by atoms with Crippen LogP contribution in [0.3, 0.4) is 0 Å². The molecule has 1 aromatic heterocycles. The number of ether oxygens (including phenoxy) is 2. The maximum absolute atomic E-state index is 9.17. The zero-order valence-electron chi connectivity index (χ0n) is 13.5. The van der Waals surface area contributed by atoms with E-state index >= 15 is 0 Å². The molecular weight excluding hydrogens is 300 g/mol. The molecule has 2 fully saturated rings. The highest BCUT2D eigenvalue weighted by Crippen LogP contribution is 2.20. The van der Waals surface area contributed by atoms with Gasteiger partial charge in [0.1, 0.15) is 0 Å². The highest BCUT2D eigenvalue weighted by molar-refractivity contribution is 5.46. The van der Waals surface area contributed by atoms with Crippen LogP contribution in [0.4, 0.5) is 17.8 Å². The zero-order chi connectivity index (χ0) is 16.1. The Hall–Kier alpha value is -1.71. The Morgan fingerprint density at radius 2 is 1.39 bits per heavy atom. The van der Waals surface area contributed by atoms with E-state index in [4.69, 9.17) is 14.6 Å². The molecule has 0 atom stereocenters. The lowest BCUT2D eigenvalue weighted by molar-refractivity contribution is 0.121. The van der Waals surface area contributed by atoms with Crippen LogP contribution in [0.15, 0.2) is 0 Å². The molecule has 1 aromatic rings. The molecule has 3 rings (SSSR count). The van der Waals surface area contributed by atoms with E-state index in [1.807, 2.05) is 11.9 Å². The van der Waals surface area contributed by atoms with Gasteiger partial charge in [0.25, 0.3) is 0 Å². The third-order valence-corrected chi connectivity index (χ3v) is 3.96. The number of aliphatic hydroxyl groups excluding tert-OH is 1. The summed E-state index contributed by atoms with van der Waals surface area (Å²) in [6.07, 6.45) is 0. The van der Waals surface area contributed by atoms with Crippen molar-refractivity contribution in [2.75, 3.05) is 87.5 Å². The molecule has 0 saturated carbocycles. The summed E-state index contributed by atoms with van der Waals surface area (Å²) in [6.45, 7) is 6.36. The first-order chi connectivity index (χ1) is 11.3. The summed E-state index contributed by atoms with van der Waals surface area (Å²) in [6, 6.07) is 0. The van der Waals surface area contributed by atoms with Gasteiger partial charge in [0.2, 0.25) is 17.8 Å². The third kappa shape index (κ3) is 3.98. The van der Waals surface area contributed by atoms with Gasteiger partial charge in [-0.25, -0.2) is 0 Å². The highest BCUT2D eigenvalue weighted by atomic mass is 16.5. The average Bonchev–Trinajstić information content (AvgIpc) is 2.63. The standard InChI is InChI=1S/C14H24N6O3/c1-18(2-7-21)12-15-13(19-3-8-22-9-4-19)17-14(16-12)20-5-10-23-11-6-20/h21H,2-11H2,1H3. The number of rotatable bonds is 5. The molecule has 3 heterocycles. The van der Waals surface area contributed by atoms with Crippen LogP contribution in [0, 0.1) is 0 Å². The monoisotopic (exact) mass is 324 g/mol. The number of likely N-dealkylation sites (N-methyl/N-ethyl adjacent to an activating group) is 1. The molecule has 0 aliphatic carbocycles. The summed E-state index contributed by atoms with van der Waals surface area (Å²) in [5.74, 6) is 1.92. The Morgan fingerprint density at radius 3 is 1.83 bits per heavy atom. The van der Waals surface area contributed by atoms with Crippen LogP contribution in [0.1, 0.15) is 0 Å². The fourth-order valence-electron chi connectivity index (χ4n) is 2.57. The first-order valence-corrected chi connectivity index (χ1v) is 8.01. The van der Waals surface area contributed by atoms with Crippen molar-refractivity contribution in [1.82, 2.24) is 15.0 Å². The Bertz CT molecular complexity index is 469. The van der Waals surface area contributed by atoms with E-state index < -0.39 is 0 Å². The minimum atomic E-state index is 0.0575. The van der Waals surface area contributed by atoms with Gasteiger partial charge in [-0.15, -0.1) is 0 Å². The maximum atomic E-state index is 9.17. The summed E-state index contributed by atoms with van der Waals surface area (Å²) < 4.78 is 10.8. The average molecular weight is 324 g/mol. The van der Waals surface area contributed by atoms with E-state index in [-0.39, 0.29) is 6.61 Å². The van der Waals surface area contributed by atoms with Crippen molar-refractivity contribution in [3.05, 3.63) is 0 Å². The number of morpholine rings is 2. The molecule has 9 heteroatoms. The number of hydrogen-bond acceptors (Lipinski definition) is 9. The normalized spacial score (nSPS) is 19.0. The molecular formula is C14H24N6O3. The van der Waals surface area contributed by atoms with Crippen LogP contribution in [-0.2, 0) is 9.47 Å². The molecule has 23 heavy (non-hydrogen) atoms. The van der Waals surface area contributed by atoms with Crippen LogP contribution in [0.25, 0.3) is 0 Å². The number of anilines is 3. The van der Waals surface area contributed by atoms with Crippen molar-refractivity contribution in [3.8, 4) is 0 Å². The van der Waals surface area contributed by atoms with Gasteiger partial charge in [-0.3, -0.25) is 0 Å². The minimum absolute atomic E-state index is 0.0575. The van der Waals surface area contributed by atoms with Crippen LogP contribution in [0.2, 0.25) is 0 Å². The summed E-state index contributed by atoms with van der Waals surface area (Å²) in [5, 5.41) is 9.17. The van der Waals surface area contributed by atoms with E-state index in [9.17, 15) is 0 Å². The molecule has 0 bridgehead atoms. The lowest BCUT2D eigenvalue weighted by Crippen LogP contribution is -2.40. The summed E-state index contributed by atoms with van der Waals surface area (Å²) in [7, 11) is 1.87. The lowest BCUT2D eigenvalue weighted by Gasteiger charge is -2.31. The van der Waals surface area contributed by atoms with Crippen molar-refractivity contribution in [3.63, 3.8) is 0 Å². The first kappa shape index (κ1) is 16.2. The second-order valence-electron chi connectivity index (χ2n) is 5.58. The molecule has 0 spiro atoms. The molecule has 2 aliphatic heterocycles. The van der Waals surface area contributed by atoms with Gasteiger partial charge in [0, 0.05) is 39.8 Å². The molecule has 128 valence electrons. The quantitative estimate of drug-likeness (QED) is 0.730. The minimum Gasteiger partial charge on any atom is -0.395 e. The Balaban J connectivity index is 1.88. The Morgan fingerprint density at radius 1 is 0.913 bits per heavy atom. The SMILES string of the molecule is CN(CCO)c1nc(N2CCOCC2)nc(N2CCOCC2)n1. The van der Waals surface area contributed by atoms with Gasteiger partial charge in [-0.1, -0.05) is 0 Å². The Kier molecular flexibility index (Phi) is 5.42. The fraction of sp³-hybridized carbons (Fsp3) is 0.786. The molecule has 0 radical (unpaired) electrons. The molecule has 9 nitrogen and oxygen atoms in total. The number of aromatic nitrogens is 3. The number of hydrogen-bond donors (Lipinski definition) is 1. The van der Waals surface area contributed by atoms with E-state index in [2.05, 4.69) is 24.8 Å². The molecule has 2 aliphatic rings. The van der Waals surface area contributed by atoms with Crippen molar-refractivity contribution in [1.29, 1.82) is 0 Å². The van der Waals surface area contributed by atoms with Gasteiger partial charge in [0.15, 0.2) is 0 Å². The van der Waals surface area contributed by atoms with Crippen LogP contribution < -0.4 is 14.7 Å². The molecule has 0 unspecified atom stereocenters. The van der Waals surface area contributed by atoms with Gasteiger partial charge in [-0.05, 0) is 0 Å². The molecule has 1 N–H and O–H groups in total. The second-order valence-corrected chi connectivity index (χ2v) is 5.58. The van der Waals surface area contributed by atoms with Crippen LogP contribution in [-0.4, -0.2) is 92.9 Å². The summed E-state index contributed by atoms with van der Waals surface area (Å²) in [4.78, 5) is 19.9. The largest absolute Gasteiger partial charge is 0.395 e.